The van der Waals surface area contributed by atoms with Gasteiger partial charge < -0.3 is 15.2 Å². The molecule has 0 heterocycles. The summed E-state index contributed by atoms with van der Waals surface area (Å²) >= 11 is 0. The first kappa shape index (κ1) is 18.7. The molecule has 4 rings (SSSR count). The van der Waals surface area contributed by atoms with Gasteiger partial charge in [-0.2, -0.15) is 0 Å². The lowest BCUT2D eigenvalue weighted by Crippen LogP contribution is -2.35. The third-order valence-electron chi connectivity index (χ3n) is 5.35. The SMILES string of the molecule is Cc1ccccc1[C@@H](NC(=O)OCC1c2ccccc2-c2ccccc21)C(=O)O. The number of carbonyl (C=O) groups is 2. The zero-order chi connectivity index (χ0) is 20.4. The molecule has 3 aromatic rings. The summed E-state index contributed by atoms with van der Waals surface area (Å²) in [6.07, 6.45) is -0.748. The van der Waals surface area contributed by atoms with Crippen molar-refractivity contribution >= 4 is 12.1 Å². The van der Waals surface area contributed by atoms with Gasteiger partial charge in [-0.3, -0.25) is 0 Å². The van der Waals surface area contributed by atoms with Gasteiger partial charge in [0.05, 0.1) is 0 Å². The zero-order valence-corrected chi connectivity index (χ0v) is 16.0. The van der Waals surface area contributed by atoms with E-state index < -0.39 is 18.1 Å². The summed E-state index contributed by atoms with van der Waals surface area (Å²) in [5.74, 6) is -1.21. The van der Waals surface area contributed by atoms with Crippen LogP contribution in [0.3, 0.4) is 0 Å². The van der Waals surface area contributed by atoms with Gasteiger partial charge in [-0.1, -0.05) is 72.8 Å². The number of aliphatic carboxylic acids is 1. The Hall–Kier alpha value is -3.60. The van der Waals surface area contributed by atoms with Crippen molar-refractivity contribution in [3.63, 3.8) is 0 Å². The highest BCUT2D eigenvalue weighted by Gasteiger charge is 2.30. The number of hydrogen-bond acceptors (Lipinski definition) is 3. The Balaban J connectivity index is 1.50. The number of nitrogens with one attached hydrogen (secondary N) is 1. The summed E-state index contributed by atoms with van der Waals surface area (Å²) in [7, 11) is 0. The van der Waals surface area contributed by atoms with Crippen molar-refractivity contribution in [2.75, 3.05) is 6.61 Å². The molecule has 0 spiro atoms. The quantitative estimate of drug-likeness (QED) is 0.668. The molecule has 0 radical (unpaired) electrons. The lowest BCUT2D eigenvalue weighted by molar-refractivity contribution is -0.139. The van der Waals surface area contributed by atoms with E-state index in [0.717, 1.165) is 27.8 Å². The molecule has 1 aliphatic carbocycles. The average Bonchev–Trinajstić information content (AvgIpc) is 3.05. The van der Waals surface area contributed by atoms with Crippen LogP contribution in [0.1, 0.15) is 34.2 Å². The Morgan fingerprint density at radius 3 is 2.07 bits per heavy atom. The molecule has 0 bridgehead atoms. The molecule has 0 unspecified atom stereocenters. The number of aryl methyl sites for hydroxylation is 1. The van der Waals surface area contributed by atoms with Gasteiger partial charge in [-0.25, -0.2) is 9.59 Å². The van der Waals surface area contributed by atoms with E-state index in [0.29, 0.717) is 5.56 Å². The second kappa shape index (κ2) is 7.80. The van der Waals surface area contributed by atoms with Crippen LogP contribution in [0.5, 0.6) is 0 Å². The molecule has 0 fully saturated rings. The van der Waals surface area contributed by atoms with Crippen molar-refractivity contribution in [1.82, 2.24) is 5.32 Å². The maximum absolute atomic E-state index is 12.4. The van der Waals surface area contributed by atoms with Crippen molar-refractivity contribution in [3.05, 3.63) is 95.1 Å². The Morgan fingerprint density at radius 2 is 1.48 bits per heavy atom. The molecule has 146 valence electrons. The molecule has 1 aliphatic rings. The van der Waals surface area contributed by atoms with E-state index in [1.165, 1.54) is 0 Å². The molecular weight excluding hydrogens is 366 g/mol. The highest BCUT2D eigenvalue weighted by molar-refractivity contribution is 5.82. The molecule has 3 aromatic carbocycles. The summed E-state index contributed by atoms with van der Waals surface area (Å²) in [4.78, 5) is 24.1. The first-order valence-corrected chi connectivity index (χ1v) is 9.46. The highest BCUT2D eigenvalue weighted by atomic mass is 16.5. The van der Waals surface area contributed by atoms with Crippen molar-refractivity contribution in [3.8, 4) is 11.1 Å². The summed E-state index contributed by atoms with van der Waals surface area (Å²) in [6.45, 7) is 1.95. The van der Waals surface area contributed by atoms with Crippen LogP contribution < -0.4 is 5.32 Å². The summed E-state index contributed by atoms with van der Waals surface area (Å²) < 4.78 is 5.47. The zero-order valence-electron chi connectivity index (χ0n) is 16.0. The monoisotopic (exact) mass is 387 g/mol. The van der Waals surface area contributed by atoms with Crippen LogP contribution in [0.15, 0.2) is 72.8 Å². The maximum Gasteiger partial charge on any atom is 0.408 e. The van der Waals surface area contributed by atoms with Gasteiger partial charge in [0, 0.05) is 5.92 Å². The van der Waals surface area contributed by atoms with Crippen molar-refractivity contribution in [1.29, 1.82) is 0 Å². The fourth-order valence-electron chi connectivity index (χ4n) is 3.94. The van der Waals surface area contributed by atoms with Crippen LogP contribution in [-0.4, -0.2) is 23.8 Å². The molecule has 5 nitrogen and oxygen atoms in total. The van der Waals surface area contributed by atoms with Crippen LogP contribution in [0.2, 0.25) is 0 Å². The second-order valence-electron chi connectivity index (χ2n) is 7.10. The Morgan fingerprint density at radius 1 is 0.931 bits per heavy atom. The van der Waals surface area contributed by atoms with E-state index in [1.54, 1.807) is 12.1 Å². The molecule has 0 saturated carbocycles. The smallest absolute Gasteiger partial charge is 0.408 e. The lowest BCUT2D eigenvalue weighted by atomic mass is 9.98. The number of benzene rings is 3. The van der Waals surface area contributed by atoms with Gasteiger partial charge in [-0.05, 0) is 40.3 Å². The first-order chi connectivity index (χ1) is 14.1. The Bertz CT molecular complexity index is 1030. The molecule has 1 atom stereocenters. The average molecular weight is 387 g/mol. The molecule has 0 aromatic heterocycles. The number of carboxylic acid groups (broad SMARTS) is 1. The predicted octanol–water partition coefficient (Wildman–Crippen LogP) is 4.66. The van der Waals surface area contributed by atoms with Gasteiger partial charge in [0.1, 0.15) is 6.61 Å². The molecule has 0 aliphatic heterocycles. The van der Waals surface area contributed by atoms with Crippen LogP contribution in [0.25, 0.3) is 11.1 Å². The Labute approximate surface area is 169 Å². The Kier molecular flexibility index (Phi) is 5.04. The number of ether oxygens (including phenoxy) is 1. The van der Waals surface area contributed by atoms with E-state index in [4.69, 9.17) is 4.74 Å². The lowest BCUT2D eigenvalue weighted by Gasteiger charge is -2.18. The molecule has 29 heavy (non-hydrogen) atoms. The number of alkyl carbamates (subject to hydrolysis) is 1. The van der Waals surface area contributed by atoms with E-state index in [2.05, 4.69) is 17.4 Å². The second-order valence-corrected chi connectivity index (χ2v) is 7.10. The standard InChI is InChI=1S/C24H21NO4/c1-15-8-2-3-9-16(15)22(23(26)27)25-24(28)29-14-21-19-12-6-4-10-17(19)18-11-5-7-13-20(18)21/h2-13,21-22H,14H2,1H3,(H,25,28)(H,26,27)/t22-/m1/s1. The first-order valence-electron chi connectivity index (χ1n) is 9.46. The van der Waals surface area contributed by atoms with Gasteiger partial charge in [0.25, 0.3) is 0 Å². The minimum atomic E-state index is -1.16. The summed E-state index contributed by atoms with van der Waals surface area (Å²) in [6, 6.07) is 22.0. The molecule has 5 heteroatoms. The number of rotatable bonds is 5. The van der Waals surface area contributed by atoms with Crippen molar-refractivity contribution < 1.29 is 19.4 Å². The maximum atomic E-state index is 12.4. The molecule has 1 amide bonds. The normalized spacial score (nSPS) is 13.3. The topological polar surface area (TPSA) is 75.6 Å². The third kappa shape index (κ3) is 3.59. The summed E-state index contributed by atoms with van der Waals surface area (Å²) in [5.41, 5.74) is 5.82. The summed E-state index contributed by atoms with van der Waals surface area (Å²) in [5, 5.41) is 12.1. The van der Waals surface area contributed by atoms with Crippen LogP contribution in [-0.2, 0) is 9.53 Å². The minimum Gasteiger partial charge on any atom is -0.479 e. The minimum absolute atomic E-state index is 0.0742. The third-order valence-corrected chi connectivity index (χ3v) is 5.35. The van der Waals surface area contributed by atoms with Crippen molar-refractivity contribution in [2.45, 2.75) is 18.9 Å². The van der Waals surface area contributed by atoms with Crippen LogP contribution in [0.4, 0.5) is 4.79 Å². The van der Waals surface area contributed by atoms with E-state index >= 15 is 0 Å². The van der Waals surface area contributed by atoms with Gasteiger partial charge in [0.2, 0.25) is 0 Å². The van der Waals surface area contributed by atoms with E-state index in [1.807, 2.05) is 55.5 Å². The van der Waals surface area contributed by atoms with Gasteiger partial charge in [0.15, 0.2) is 6.04 Å². The fourth-order valence-corrected chi connectivity index (χ4v) is 3.94. The fraction of sp³-hybridized carbons (Fsp3) is 0.167. The molecule has 2 N–H and O–H groups in total. The number of hydrogen-bond donors (Lipinski definition) is 2. The van der Waals surface area contributed by atoms with E-state index in [9.17, 15) is 14.7 Å². The molecule has 0 saturated heterocycles. The van der Waals surface area contributed by atoms with Crippen LogP contribution in [0, 0.1) is 6.92 Å². The van der Waals surface area contributed by atoms with Gasteiger partial charge >= 0.3 is 12.1 Å². The predicted molar refractivity (Wildman–Crippen MR) is 110 cm³/mol. The van der Waals surface area contributed by atoms with Crippen molar-refractivity contribution in [2.24, 2.45) is 0 Å². The van der Waals surface area contributed by atoms with E-state index in [-0.39, 0.29) is 12.5 Å². The van der Waals surface area contributed by atoms with Gasteiger partial charge in [-0.15, -0.1) is 0 Å². The highest BCUT2D eigenvalue weighted by Crippen LogP contribution is 2.44. The number of carbonyl (C=O) groups excluding carboxylic acids is 1. The number of carboxylic acids is 1. The van der Waals surface area contributed by atoms with Crippen LogP contribution >= 0.6 is 0 Å². The molecular formula is C24H21NO4. The largest absolute Gasteiger partial charge is 0.479 e. The number of fused-ring (bicyclic) bond motifs is 3. The number of amides is 1.